The number of aromatic nitrogens is 2. The molecule has 11 heavy (non-hydrogen) atoms. The summed E-state index contributed by atoms with van der Waals surface area (Å²) in [6.45, 7) is 0. The van der Waals surface area contributed by atoms with Gasteiger partial charge in [-0.1, -0.05) is 11.3 Å². The zero-order valence-electron chi connectivity index (χ0n) is 5.41. The first-order valence-corrected chi connectivity index (χ1v) is 4.54. The number of halogens is 1. The average Bonchev–Trinajstić information content (AvgIpc) is 2.27. The van der Waals surface area contributed by atoms with Crippen LogP contribution in [0, 0.1) is 0 Å². The van der Waals surface area contributed by atoms with Gasteiger partial charge in [0.2, 0.25) is 0 Å². The Balaban J connectivity index is 2.82. The lowest BCUT2D eigenvalue weighted by Crippen LogP contribution is -1.79. The van der Waals surface area contributed by atoms with E-state index in [1.54, 1.807) is 6.20 Å². The number of fused-ring (bicyclic) bond motifs is 1. The number of nitrogen functional groups attached to an aromatic ring is 1. The molecule has 0 aromatic carbocycles. The summed E-state index contributed by atoms with van der Waals surface area (Å²) in [5.74, 6) is 0. The van der Waals surface area contributed by atoms with Gasteiger partial charge in [-0.25, -0.2) is 9.97 Å². The van der Waals surface area contributed by atoms with E-state index in [0.717, 1.165) is 14.8 Å². The number of hydrogen-bond acceptors (Lipinski definition) is 4. The number of thiazole rings is 1. The monoisotopic (exact) mass is 229 g/mol. The minimum atomic E-state index is 0.583. The second-order valence-corrected chi connectivity index (χ2v) is 3.90. The number of anilines is 1. The molecule has 0 saturated carbocycles. The van der Waals surface area contributed by atoms with Gasteiger partial charge in [0.1, 0.15) is 4.60 Å². The van der Waals surface area contributed by atoms with Crippen molar-refractivity contribution >= 4 is 42.6 Å². The van der Waals surface area contributed by atoms with Crippen molar-refractivity contribution in [3.63, 3.8) is 0 Å². The third kappa shape index (κ3) is 1.21. The van der Waals surface area contributed by atoms with Gasteiger partial charge in [-0.05, 0) is 22.0 Å². The van der Waals surface area contributed by atoms with E-state index in [1.165, 1.54) is 11.3 Å². The predicted molar refractivity (Wildman–Crippen MR) is 49.5 cm³/mol. The number of hydrogen-bond donors (Lipinski definition) is 1. The number of pyridine rings is 1. The zero-order chi connectivity index (χ0) is 7.84. The minimum Gasteiger partial charge on any atom is -0.375 e. The maximum atomic E-state index is 5.50. The first kappa shape index (κ1) is 7.00. The highest BCUT2D eigenvalue weighted by Crippen LogP contribution is 2.24. The fourth-order valence-electron chi connectivity index (χ4n) is 0.828. The standard InChI is InChI=1S/C6H4BrN3S/c7-5-1-3-4(2-9-5)11-6(8)10-3/h1-2H,(H2,8,10). The molecule has 3 nitrogen and oxygen atoms in total. The first-order valence-electron chi connectivity index (χ1n) is 2.93. The number of nitrogens with zero attached hydrogens (tertiary/aromatic N) is 2. The van der Waals surface area contributed by atoms with E-state index in [9.17, 15) is 0 Å². The van der Waals surface area contributed by atoms with Crippen LogP contribution in [0.3, 0.4) is 0 Å². The lowest BCUT2D eigenvalue weighted by molar-refractivity contribution is 1.30. The molecule has 2 aromatic rings. The largest absolute Gasteiger partial charge is 0.375 e. The first-order chi connectivity index (χ1) is 5.25. The molecule has 0 radical (unpaired) electrons. The Morgan fingerprint density at radius 2 is 2.36 bits per heavy atom. The highest BCUT2D eigenvalue weighted by Gasteiger charge is 2.00. The van der Waals surface area contributed by atoms with Crippen LogP contribution < -0.4 is 5.73 Å². The summed E-state index contributed by atoms with van der Waals surface area (Å²) < 4.78 is 1.81. The van der Waals surface area contributed by atoms with Crippen molar-refractivity contribution in [3.05, 3.63) is 16.9 Å². The molecule has 0 unspecified atom stereocenters. The molecule has 56 valence electrons. The Morgan fingerprint density at radius 3 is 3.18 bits per heavy atom. The molecule has 2 rings (SSSR count). The van der Waals surface area contributed by atoms with Crippen molar-refractivity contribution in [2.24, 2.45) is 0 Å². The van der Waals surface area contributed by atoms with Gasteiger partial charge in [0.15, 0.2) is 5.13 Å². The van der Waals surface area contributed by atoms with Crippen LogP contribution in [0.4, 0.5) is 5.13 Å². The van der Waals surface area contributed by atoms with Crippen LogP contribution in [-0.2, 0) is 0 Å². The number of nitrogens with two attached hydrogens (primary N) is 1. The van der Waals surface area contributed by atoms with E-state index < -0.39 is 0 Å². The van der Waals surface area contributed by atoms with Crippen LogP contribution in [0.2, 0.25) is 0 Å². The van der Waals surface area contributed by atoms with Crippen molar-refractivity contribution in [1.29, 1.82) is 0 Å². The Labute approximate surface area is 75.4 Å². The molecule has 2 N–H and O–H groups in total. The second-order valence-electron chi connectivity index (χ2n) is 2.03. The summed E-state index contributed by atoms with van der Waals surface area (Å²) in [6, 6.07) is 1.85. The quantitative estimate of drug-likeness (QED) is 0.704. The Morgan fingerprint density at radius 1 is 1.55 bits per heavy atom. The molecule has 0 spiro atoms. The summed E-state index contributed by atoms with van der Waals surface area (Å²) in [6.07, 6.45) is 1.76. The molecular weight excluding hydrogens is 226 g/mol. The fourth-order valence-corrected chi connectivity index (χ4v) is 1.83. The molecule has 0 aliphatic rings. The molecule has 0 bridgehead atoms. The smallest absolute Gasteiger partial charge is 0.181 e. The van der Waals surface area contributed by atoms with Crippen LogP contribution in [0.1, 0.15) is 0 Å². The normalized spacial score (nSPS) is 10.6. The summed E-state index contributed by atoms with van der Waals surface area (Å²) in [4.78, 5) is 8.15. The van der Waals surface area contributed by atoms with Crippen molar-refractivity contribution in [3.8, 4) is 0 Å². The van der Waals surface area contributed by atoms with Crippen molar-refractivity contribution in [2.45, 2.75) is 0 Å². The molecule has 5 heteroatoms. The van der Waals surface area contributed by atoms with E-state index in [0.29, 0.717) is 5.13 Å². The van der Waals surface area contributed by atoms with E-state index in [1.807, 2.05) is 6.07 Å². The van der Waals surface area contributed by atoms with Gasteiger partial charge in [0, 0.05) is 6.20 Å². The van der Waals surface area contributed by atoms with Crippen LogP contribution in [0.5, 0.6) is 0 Å². The molecule has 2 heterocycles. The molecule has 0 saturated heterocycles. The highest BCUT2D eigenvalue weighted by molar-refractivity contribution is 9.10. The molecular formula is C6H4BrN3S. The number of rotatable bonds is 0. The topological polar surface area (TPSA) is 51.8 Å². The van der Waals surface area contributed by atoms with E-state index in [-0.39, 0.29) is 0 Å². The van der Waals surface area contributed by atoms with Gasteiger partial charge < -0.3 is 5.73 Å². The highest BCUT2D eigenvalue weighted by atomic mass is 79.9. The SMILES string of the molecule is Nc1nc2cc(Br)ncc2s1. The molecule has 0 fully saturated rings. The van der Waals surface area contributed by atoms with Crippen molar-refractivity contribution in [1.82, 2.24) is 9.97 Å². The van der Waals surface area contributed by atoms with Gasteiger partial charge >= 0.3 is 0 Å². The molecule has 0 aliphatic carbocycles. The Kier molecular flexibility index (Phi) is 1.54. The molecule has 0 atom stereocenters. The lowest BCUT2D eigenvalue weighted by Gasteiger charge is -1.86. The van der Waals surface area contributed by atoms with Crippen LogP contribution in [0.15, 0.2) is 16.9 Å². The third-order valence-electron chi connectivity index (χ3n) is 1.26. The third-order valence-corrected chi connectivity index (χ3v) is 2.53. The second kappa shape index (κ2) is 2.42. The minimum absolute atomic E-state index is 0.583. The van der Waals surface area contributed by atoms with Gasteiger partial charge in [-0.3, -0.25) is 0 Å². The van der Waals surface area contributed by atoms with Crippen LogP contribution in [0.25, 0.3) is 10.2 Å². The maximum Gasteiger partial charge on any atom is 0.181 e. The summed E-state index contributed by atoms with van der Waals surface area (Å²) >= 11 is 4.70. The summed E-state index contributed by atoms with van der Waals surface area (Å²) in [5.41, 5.74) is 6.40. The predicted octanol–water partition coefficient (Wildman–Crippen LogP) is 2.04. The summed E-state index contributed by atoms with van der Waals surface area (Å²) in [7, 11) is 0. The Hall–Kier alpha value is -0.680. The van der Waals surface area contributed by atoms with Crippen molar-refractivity contribution in [2.75, 3.05) is 5.73 Å². The van der Waals surface area contributed by atoms with Gasteiger partial charge in [-0.2, -0.15) is 0 Å². The molecule has 2 aromatic heterocycles. The molecule has 0 amide bonds. The zero-order valence-corrected chi connectivity index (χ0v) is 7.82. The lowest BCUT2D eigenvalue weighted by atomic mass is 10.4. The Bertz CT molecular complexity index is 398. The van der Waals surface area contributed by atoms with Crippen molar-refractivity contribution < 1.29 is 0 Å². The van der Waals surface area contributed by atoms with Gasteiger partial charge in [0.25, 0.3) is 0 Å². The van der Waals surface area contributed by atoms with Gasteiger partial charge in [0.05, 0.1) is 10.2 Å². The van der Waals surface area contributed by atoms with E-state index in [2.05, 4.69) is 25.9 Å². The fraction of sp³-hybridized carbons (Fsp3) is 0. The average molecular weight is 230 g/mol. The van der Waals surface area contributed by atoms with E-state index in [4.69, 9.17) is 5.73 Å². The maximum absolute atomic E-state index is 5.50. The summed E-state index contributed by atoms with van der Waals surface area (Å²) in [5, 5.41) is 0.583. The van der Waals surface area contributed by atoms with Crippen LogP contribution in [-0.4, -0.2) is 9.97 Å². The van der Waals surface area contributed by atoms with E-state index >= 15 is 0 Å². The van der Waals surface area contributed by atoms with Crippen LogP contribution >= 0.6 is 27.3 Å². The van der Waals surface area contributed by atoms with Gasteiger partial charge in [-0.15, -0.1) is 0 Å². The molecule has 0 aliphatic heterocycles.